The number of nitrogens with one attached hydrogen (secondary N) is 6. The molecule has 0 radical (unpaired) electrons. The van der Waals surface area contributed by atoms with Gasteiger partial charge < -0.3 is 53.9 Å². The molecule has 0 unspecified atom stereocenters. The van der Waals surface area contributed by atoms with E-state index < -0.39 is 29.3 Å². The first kappa shape index (κ1) is 85.3. The van der Waals surface area contributed by atoms with Gasteiger partial charge in [-0.25, -0.2) is 13.2 Å². The fraction of sp³-hybridized carbons (Fsp3) is 0.110. The summed E-state index contributed by atoms with van der Waals surface area (Å²) in [6.07, 6.45) is 15.7. The van der Waals surface area contributed by atoms with Crippen molar-refractivity contribution >= 4 is 136 Å². The van der Waals surface area contributed by atoms with Crippen LogP contribution in [0.4, 0.5) is 13.2 Å². The summed E-state index contributed by atoms with van der Waals surface area (Å²) >= 11 is 18.4. The van der Waals surface area contributed by atoms with Crippen molar-refractivity contribution < 1.29 is 156 Å². The molecule has 23 nitrogen and oxygen atoms in total. The number of hydrogen-bond acceptors (Lipinski definition) is 15. The number of nitriles is 1. The molecule has 0 bridgehead atoms. The topological polar surface area (TPSA) is 371 Å². The zero-order valence-electron chi connectivity index (χ0n) is 62.0. The molecule has 10 N–H and O–H groups in total. The van der Waals surface area contributed by atoms with Crippen LogP contribution in [-0.2, 0) is 48.6 Å². The first-order valence-electron chi connectivity index (χ1n) is 33.8. The summed E-state index contributed by atoms with van der Waals surface area (Å²) in [6.45, 7) is 5.62. The zero-order valence-corrected chi connectivity index (χ0v) is 69.5. The average Bonchev–Trinajstić information content (AvgIpc) is 1.17. The van der Waals surface area contributed by atoms with Gasteiger partial charge >= 0.3 is 103 Å². The number of carbonyl (C=O) groups excluding carboxylic acids is 6. The monoisotopic (exact) mass is 1630 g/mol. The smallest absolute Gasteiger partial charge is 1.00 e. The molecule has 31 heteroatoms. The number of H-pyrrole nitrogens is 3. The molecule has 558 valence electrons. The number of aryl methyl sites for hydroxylation is 3. The van der Waals surface area contributed by atoms with Crippen molar-refractivity contribution in [2.75, 3.05) is 0 Å². The van der Waals surface area contributed by atoms with E-state index in [0.717, 1.165) is 49.5 Å². The van der Waals surface area contributed by atoms with Gasteiger partial charge in [0, 0.05) is 194 Å². The van der Waals surface area contributed by atoms with Gasteiger partial charge in [-0.2, -0.15) is 5.26 Å². The molecule has 15 rings (SSSR count). The Kier molecular flexibility index (Phi) is 29.1. The molecule has 0 spiro atoms. The Bertz CT molecular complexity index is 6020. The number of nitrogens with two attached hydrogens (primary N) is 2. The molecule has 0 saturated carbocycles. The molecule has 113 heavy (non-hydrogen) atoms. The van der Waals surface area contributed by atoms with E-state index in [1.54, 1.807) is 116 Å². The molecule has 5 amide bonds. The van der Waals surface area contributed by atoms with Crippen LogP contribution in [0.3, 0.4) is 0 Å². The second-order valence-electron chi connectivity index (χ2n) is 25.8. The number of hydrogen-bond donors (Lipinski definition) is 8. The third-order valence-corrected chi connectivity index (χ3v) is 18.7. The number of primary amides is 2. The number of fused-ring (bicyclic) bond motifs is 6. The summed E-state index contributed by atoms with van der Waals surface area (Å²) in [5.41, 5.74) is 25.4. The number of pyridine rings is 6. The second-order valence-corrected chi connectivity index (χ2v) is 27.0. The van der Waals surface area contributed by atoms with Crippen molar-refractivity contribution in [3.05, 3.63) is 316 Å². The molecule has 0 saturated heterocycles. The number of rotatable bonds is 18. The Morgan fingerprint density at radius 3 is 1.11 bits per heavy atom. The number of amides is 5. The maximum Gasteiger partial charge on any atom is 1.00 e. The van der Waals surface area contributed by atoms with E-state index >= 15 is 0 Å². The number of aromatic nitrogens is 9. The van der Waals surface area contributed by atoms with E-state index in [0.29, 0.717) is 151 Å². The van der Waals surface area contributed by atoms with E-state index in [9.17, 15) is 42.4 Å². The van der Waals surface area contributed by atoms with E-state index in [4.69, 9.17) is 56.3 Å². The first-order chi connectivity index (χ1) is 53.4. The second kappa shape index (κ2) is 38.6. The normalized spacial score (nSPS) is 10.7. The van der Waals surface area contributed by atoms with Crippen molar-refractivity contribution in [2.45, 2.75) is 59.7 Å². The summed E-state index contributed by atoms with van der Waals surface area (Å²) in [7, 11) is 0. The van der Waals surface area contributed by atoms with Crippen LogP contribution in [-0.4, -0.2) is 80.9 Å². The van der Waals surface area contributed by atoms with Crippen molar-refractivity contribution in [1.29, 1.82) is 5.26 Å². The van der Waals surface area contributed by atoms with Crippen LogP contribution in [0.2, 0.25) is 15.1 Å². The average molecular weight is 1630 g/mol. The van der Waals surface area contributed by atoms with Gasteiger partial charge in [-0.3, -0.25) is 58.7 Å². The molecule has 0 fully saturated rings. The van der Waals surface area contributed by atoms with Gasteiger partial charge in [0.2, 0.25) is 0 Å². The minimum atomic E-state index is -0.564. The van der Waals surface area contributed by atoms with Crippen molar-refractivity contribution in [2.24, 2.45) is 11.5 Å². The largest absolute Gasteiger partial charge is 1.00 e. The van der Waals surface area contributed by atoms with Gasteiger partial charge in [0.25, 0.3) is 36.0 Å². The summed E-state index contributed by atoms with van der Waals surface area (Å²) in [6, 6.07) is 37.9. The third-order valence-electron chi connectivity index (χ3n) is 17.7. The Labute approximate surface area is 743 Å². The zero-order chi connectivity index (χ0) is 78.7. The van der Waals surface area contributed by atoms with Crippen molar-refractivity contribution in [3.63, 3.8) is 0 Å². The molecule has 6 aromatic carbocycles. The van der Waals surface area contributed by atoms with Gasteiger partial charge in [0.05, 0.1) is 48.3 Å². The van der Waals surface area contributed by atoms with E-state index in [-0.39, 0.29) is 148 Å². The SMILES string of the molecule is Cc1cnc2c(C#N)cc(Cc3cc(C(=O)NCc4cc5c(Cl)c[nH]c5cc4F)ccn3)cc2c1.Cc1cnc2c(C(N)=O)cc(Cc3cc(C(=O)NCc4cc5c(Cl)c[nH]c5cc4F)ccn3)cc2c1.Cc1cnc2c(C(N)=O)cc(Cc3cc(C(=O)NCc4cc5c(Cl)c[nH]c5cc4F)ccn3)cc2c1.O=CO[O-].[H-].[K+].[K+]. The predicted octanol–water partition coefficient (Wildman–Crippen LogP) is 7.82. The maximum absolute atomic E-state index is 14.5. The summed E-state index contributed by atoms with van der Waals surface area (Å²) in [5.74, 6) is -3.52. The fourth-order valence-corrected chi connectivity index (χ4v) is 13.1. The number of benzene rings is 6. The Hall–Kier alpha value is -10.2. The third kappa shape index (κ3) is 21.0. The molecule has 0 aliphatic carbocycles. The molecule has 0 aliphatic heterocycles. The van der Waals surface area contributed by atoms with Crippen LogP contribution in [0.15, 0.2) is 183 Å². The van der Waals surface area contributed by atoms with E-state index in [2.05, 4.69) is 71.8 Å². The van der Waals surface area contributed by atoms with Crippen LogP contribution >= 0.6 is 34.8 Å². The van der Waals surface area contributed by atoms with Gasteiger partial charge in [-0.1, -0.05) is 34.8 Å². The molecule has 9 heterocycles. The van der Waals surface area contributed by atoms with Gasteiger partial charge in [-0.05, 0) is 182 Å². The summed E-state index contributed by atoms with van der Waals surface area (Å²) in [5, 5.41) is 32.2. The Morgan fingerprint density at radius 1 is 0.487 bits per heavy atom. The number of nitrogens with zero attached hydrogens (tertiary/aromatic N) is 7. The Balaban J connectivity index is 0.000000189. The van der Waals surface area contributed by atoms with Crippen LogP contribution in [0.25, 0.3) is 65.4 Å². The molecule has 15 aromatic rings. The summed E-state index contributed by atoms with van der Waals surface area (Å²) in [4.78, 5) is 109. The minimum Gasteiger partial charge on any atom is -1.00 e. The number of carbonyl (C=O) groups is 6. The number of aromatic amines is 3. The van der Waals surface area contributed by atoms with Crippen molar-refractivity contribution in [3.8, 4) is 6.07 Å². The minimum absolute atomic E-state index is 0. The first-order valence-corrected chi connectivity index (χ1v) is 35.0. The summed E-state index contributed by atoms with van der Waals surface area (Å²) < 4.78 is 43.3. The quantitative estimate of drug-likeness (QED) is 0.0176. The van der Waals surface area contributed by atoms with Gasteiger partial charge in [0.15, 0.2) is 0 Å². The maximum atomic E-state index is 14.5. The molecule has 0 atom stereocenters. The standard InChI is InChI=1S/2C27H21ClFN5O2.C27H19ClFN5O.CH2O3.2K.H/c2*1-14-4-17-5-15(7-21(26(30)35)25(17)33-11-14)6-19-8-16(2-3-31-19)27(36)34-12-18-9-20-22(28)13-32-24(20)10-23(18)29;1-15-4-18-5-16(6-19(11-30)26(18)33-12-15)7-21-8-17(2-3-31-21)27(35)34-13-20-9-22-23(28)14-32-25(22)10-24(20)29;2-1-4-3;;;/h2*2-5,7-11,13,32H,6,12H2,1H3,(H2,30,35)(H,34,36);2-6,8-10,12,14,32H,7,13H2,1H3,(H,34,35);1,3H;;;/q;;;;2*+1;-1/p-1. The van der Waals surface area contributed by atoms with E-state index in [1.165, 1.54) is 30.6 Å². The van der Waals surface area contributed by atoms with Crippen LogP contribution in [0.5, 0.6) is 0 Å². The van der Waals surface area contributed by atoms with Crippen LogP contribution < -0.4 is 135 Å². The molecular weight excluding hydrogens is 1560 g/mol. The predicted molar refractivity (Wildman–Crippen MR) is 414 cm³/mol. The number of halogens is 6. The molecular formula is C82H63Cl3F3K2N15O8. The van der Waals surface area contributed by atoms with Crippen LogP contribution in [0, 0.1) is 49.6 Å². The molecule has 9 aromatic heterocycles. The van der Waals surface area contributed by atoms with Crippen molar-refractivity contribution in [1.82, 2.24) is 60.8 Å². The Morgan fingerprint density at radius 2 is 0.796 bits per heavy atom. The van der Waals surface area contributed by atoms with Crippen LogP contribution in [0.1, 0.15) is 126 Å². The molecule has 0 aliphatic rings. The fourth-order valence-electron chi connectivity index (χ4n) is 12.5. The van der Waals surface area contributed by atoms with E-state index in [1.807, 2.05) is 57.2 Å². The van der Waals surface area contributed by atoms with Gasteiger partial charge in [0.1, 0.15) is 23.5 Å². The van der Waals surface area contributed by atoms with Gasteiger partial charge in [-0.15, -0.1) is 0 Å².